The molecule has 0 aromatic heterocycles. The summed E-state index contributed by atoms with van der Waals surface area (Å²) in [5.41, 5.74) is 2.24. The second-order valence-corrected chi connectivity index (χ2v) is 6.19. The van der Waals surface area contributed by atoms with Gasteiger partial charge in [0.25, 0.3) is 0 Å². The standard InChI is InChI=1S/C16H15ClN2O2S/c1-3-21-15(20)13-10(2)18-16-19(8-9-22-16)14(13)11-4-6-12(17)7-5-11/h4-9,14H,3H2,1-2H3/t14-/m1/s1. The molecule has 0 bridgehead atoms. The number of benzene rings is 1. The summed E-state index contributed by atoms with van der Waals surface area (Å²) in [6, 6.07) is 7.27. The Bertz CT molecular complexity index is 695. The van der Waals surface area contributed by atoms with E-state index in [9.17, 15) is 4.79 Å². The normalized spacial score (nSPS) is 20.0. The van der Waals surface area contributed by atoms with Gasteiger partial charge in [-0.1, -0.05) is 35.5 Å². The number of hydrogen-bond acceptors (Lipinski definition) is 5. The van der Waals surface area contributed by atoms with E-state index < -0.39 is 0 Å². The van der Waals surface area contributed by atoms with Gasteiger partial charge in [0.2, 0.25) is 0 Å². The van der Waals surface area contributed by atoms with Crippen LogP contribution < -0.4 is 0 Å². The van der Waals surface area contributed by atoms with E-state index in [2.05, 4.69) is 4.99 Å². The fraction of sp³-hybridized carbons (Fsp3) is 0.250. The van der Waals surface area contributed by atoms with Gasteiger partial charge in [0.1, 0.15) is 0 Å². The van der Waals surface area contributed by atoms with Crippen molar-refractivity contribution in [1.29, 1.82) is 0 Å². The summed E-state index contributed by atoms with van der Waals surface area (Å²) in [5.74, 6) is -0.326. The summed E-state index contributed by atoms with van der Waals surface area (Å²) in [4.78, 5) is 18.9. The molecule has 3 rings (SSSR count). The number of carbonyl (C=O) groups excluding carboxylic acids is 1. The molecule has 2 aliphatic heterocycles. The lowest BCUT2D eigenvalue weighted by Crippen LogP contribution is -2.34. The number of thioether (sulfide) groups is 1. The van der Waals surface area contributed by atoms with Crippen molar-refractivity contribution in [2.45, 2.75) is 19.9 Å². The fourth-order valence-corrected chi connectivity index (χ4v) is 3.46. The molecule has 114 valence electrons. The van der Waals surface area contributed by atoms with Gasteiger partial charge in [0.05, 0.1) is 23.9 Å². The molecule has 4 nitrogen and oxygen atoms in total. The summed E-state index contributed by atoms with van der Waals surface area (Å²) >= 11 is 7.52. The molecule has 2 heterocycles. The molecule has 1 aromatic carbocycles. The Balaban J connectivity index is 2.09. The number of esters is 1. The molecular weight excluding hydrogens is 320 g/mol. The highest BCUT2D eigenvalue weighted by Crippen LogP contribution is 2.41. The van der Waals surface area contributed by atoms with Crippen LogP contribution in [0, 0.1) is 0 Å². The minimum atomic E-state index is -0.326. The summed E-state index contributed by atoms with van der Waals surface area (Å²) in [6.07, 6.45) is 1.94. The number of ether oxygens (including phenoxy) is 1. The zero-order valence-corrected chi connectivity index (χ0v) is 13.8. The highest BCUT2D eigenvalue weighted by Gasteiger charge is 2.37. The number of amidine groups is 1. The SMILES string of the molecule is CCOC(=O)C1=C(C)N=C2SC=CN2[C@@H]1c1ccc(Cl)cc1. The molecule has 1 atom stereocenters. The average Bonchev–Trinajstić information content (AvgIpc) is 2.94. The van der Waals surface area contributed by atoms with E-state index in [1.54, 1.807) is 18.7 Å². The zero-order valence-electron chi connectivity index (χ0n) is 12.2. The van der Waals surface area contributed by atoms with E-state index in [1.807, 2.05) is 47.7 Å². The van der Waals surface area contributed by atoms with Crippen molar-refractivity contribution in [3.8, 4) is 0 Å². The summed E-state index contributed by atoms with van der Waals surface area (Å²) in [5, 5.41) is 3.49. The second-order valence-electron chi connectivity index (χ2n) is 4.88. The first-order chi connectivity index (χ1) is 10.6. The Morgan fingerprint density at radius 1 is 1.41 bits per heavy atom. The van der Waals surface area contributed by atoms with Gasteiger partial charge in [-0.25, -0.2) is 9.79 Å². The molecule has 2 aliphatic rings. The Morgan fingerprint density at radius 3 is 2.82 bits per heavy atom. The lowest BCUT2D eigenvalue weighted by atomic mass is 9.95. The van der Waals surface area contributed by atoms with Gasteiger partial charge >= 0.3 is 5.97 Å². The number of nitrogens with zero attached hydrogens (tertiary/aromatic N) is 2. The molecule has 22 heavy (non-hydrogen) atoms. The molecule has 0 N–H and O–H groups in total. The van der Waals surface area contributed by atoms with E-state index in [0.29, 0.717) is 22.9 Å². The fourth-order valence-electron chi connectivity index (χ4n) is 2.54. The van der Waals surface area contributed by atoms with Crippen molar-refractivity contribution < 1.29 is 9.53 Å². The van der Waals surface area contributed by atoms with Crippen LogP contribution in [0.1, 0.15) is 25.5 Å². The van der Waals surface area contributed by atoms with Crippen LogP contribution in [0.4, 0.5) is 0 Å². The third kappa shape index (κ3) is 2.66. The number of allylic oxidation sites excluding steroid dienone is 1. The van der Waals surface area contributed by atoms with Gasteiger partial charge in [-0.15, -0.1) is 0 Å². The van der Waals surface area contributed by atoms with Gasteiger partial charge in [-0.2, -0.15) is 0 Å². The zero-order chi connectivity index (χ0) is 15.7. The highest BCUT2D eigenvalue weighted by atomic mass is 35.5. The Kier molecular flexibility index (Phi) is 4.27. The van der Waals surface area contributed by atoms with Gasteiger partial charge < -0.3 is 9.64 Å². The quantitative estimate of drug-likeness (QED) is 0.780. The van der Waals surface area contributed by atoms with Crippen LogP contribution in [0.25, 0.3) is 0 Å². The number of rotatable bonds is 3. The van der Waals surface area contributed by atoms with Crippen LogP contribution in [-0.4, -0.2) is 22.6 Å². The largest absolute Gasteiger partial charge is 0.463 e. The van der Waals surface area contributed by atoms with Crippen LogP contribution in [0.5, 0.6) is 0 Å². The maximum atomic E-state index is 12.4. The van der Waals surface area contributed by atoms with Gasteiger partial charge in [0, 0.05) is 11.2 Å². The number of hydrogen-bond donors (Lipinski definition) is 0. The van der Waals surface area contributed by atoms with Crippen LogP contribution in [0.3, 0.4) is 0 Å². The molecule has 0 radical (unpaired) electrons. The van der Waals surface area contributed by atoms with Crippen LogP contribution in [0.2, 0.25) is 5.02 Å². The first kappa shape index (κ1) is 15.2. The topological polar surface area (TPSA) is 41.9 Å². The maximum absolute atomic E-state index is 12.4. The van der Waals surface area contributed by atoms with Crippen molar-refractivity contribution in [3.63, 3.8) is 0 Å². The summed E-state index contributed by atoms with van der Waals surface area (Å²) in [6.45, 7) is 3.98. The first-order valence-corrected chi connectivity index (χ1v) is 8.21. The van der Waals surface area contributed by atoms with Crippen molar-refractivity contribution in [2.75, 3.05) is 6.61 Å². The molecule has 0 unspecified atom stereocenters. The van der Waals surface area contributed by atoms with E-state index in [-0.39, 0.29) is 12.0 Å². The van der Waals surface area contributed by atoms with Crippen LogP contribution in [0.15, 0.2) is 52.1 Å². The Labute approximate surface area is 138 Å². The van der Waals surface area contributed by atoms with E-state index in [4.69, 9.17) is 16.3 Å². The van der Waals surface area contributed by atoms with Crippen LogP contribution in [-0.2, 0) is 9.53 Å². The number of carbonyl (C=O) groups is 1. The monoisotopic (exact) mass is 334 g/mol. The number of halogens is 1. The molecule has 0 saturated carbocycles. The van der Waals surface area contributed by atoms with Crippen LogP contribution >= 0.6 is 23.4 Å². The molecular formula is C16H15ClN2O2S. The average molecular weight is 335 g/mol. The molecule has 0 spiro atoms. The molecule has 0 fully saturated rings. The highest BCUT2D eigenvalue weighted by molar-refractivity contribution is 8.16. The third-order valence-electron chi connectivity index (χ3n) is 3.50. The molecule has 1 aromatic rings. The van der Waals surface area contributed by atoms with Gasteiger partial charge in [-0.3, -0.25) is 0 Å². The predicted molar refractivity (Wildman–Crippen MR) is 89.5 cm³/mol. The smallest absolute Gasteiger partial charge is 0.338 e. The summed E-state index contributed by atoms with van der Waals surface area (Å²) < 4.78 is 5.23. The minimum Gasteiger partial charge on any atom is -0.463 e. The van der Waals surface area contributed by atoms with E-state index in [0.717, 1.165) is 10.7 Å². The Morgan fingerprint density at radius 2 is 2.14 bits per heavy atom. The molecule has 0 amide bonds. The second kappa shape index (κ2) is 6.18. The van der Waals surface area contributed by atoms with Crippen molar-refractivity contribution in [2.24, 2.45) is 4.99 Å². The third-order valence-corrected chi connectivity index (χ3v) is 4.52. The van der Waals surface area contributed by atoms with Gasteiger partial charge in [0.15, 0.2) is 5.17 Å². The molecule has 6 heteroatoms. The number of fused-ring (bicyclic) bond motifs is 1. The Hall–Kier alpha value is -1.72. The van der Waals surface area contributed by atoms with Crippen molar-refractivity contribution in [3.05, 3.63) is 57.7 Å². The predicted octanol–water partition coefficient (Wildman–Crippen LogP) is 4.11. The molecule has 0 saturated heterocycles. The maximum Gasteiger partial charge on any atom is 0.338 e. The minimum absolute atomic E-state index is 0.241. The first-order valence-electron chi connectivity index (χ1n) is 6.95. The lowest BCUT2D eigenvalue weighted by Gasteiger charge is -2.33. The molecule has 0 aliphatic carbocycles. The number of aliphatic imine (C=N–C) groups is 1. The van der Waals surface area contributed by atoms with E-state index >= 15 is 0 Å². The summed E-state index contributed by atoms with van der Waals surface area (Å²) in [7, 11) is 0. The van der Waals surface area contributed by atoms with Crippen molar-refractivity contribution in [1.82, 2.24) is 4.90 Å². The van der Waals surface area contributed by atoms with Gasteiger partial charge in [-0.05, 0) is 37.0 Å². The van der Waals surface area contributed by atoms with Crippen molar-refractivity contribution >= 4 is 34.5 Å². The lowest BCUT2D eigenvalue weighted by molar-refractivity contribution is -0.139. The van der Waals surface area contributed by atoms with E-state index in [1.165, 1.54) is 0 Å².